The average Bonchev–Trinajstić information content (AvgIpc) is 2.44. The molecule has 16 heavy (non-hydrogen) atoms. The zero-order chi connectivity index (χ0) is 11.9. The highest BCUT2D eigenvalue weighted by Crippen LogP contribution is 2.38. The minimum absolute atomic E-state index is 0.0443. The quantitative estimate of drug-likeness (QED) is 0.694. The predicted octanol–water partition coefficient (Wildman–Crippen LogP) is 0.189. The molecule has 0 bridgehead atoms. The van der Waals surface area contributed by atoms with Crippen molar-refractivity contribution in [2.45, 2.75) is 38.4 Å². The van der Waals surface area contributed by atoms with E-state index in [9.17, 15) is 18.6 Å². The molecule has 0 aromatic rings. The van der Waals surface area contributed by atoms with Gasteiger partial charge >= 0.3 is 0 Å². The molecule has 4 nitrogen and oxygen atoms in total. The first-order chi connectivity index (χ1) is 7.39. The summed E-state index contributed by atoms with van der Waals surface area (Å²) in [5.41, 5.74) is 0. The van der Waals surface area contributed by atoms with Gasteiger partial charge in [-0.05, 0) is 31.1 Å². The molecule has 1 saturated heterocycles. The Bertz CT molecular complexity index is 351. The van der Waals surface area contributed by atoms with E-state index in [0.29, 0.717) is 5.92 Å². The molecule has 0 amide bonds. The van der Waals surface area contributed by atoms with E-state index in [1.807, 2.05) is 0 Å². The van der Waals surface area contributed by atoms with Crippen molar-refractivity contribution in [2.75, 3.05) is 11.5 Å². The summed E-state index contributed by atoms with van der Waals surface area (Å²) in [7, 11) is -3.10. The van der Waals surface area contributed by atoms with E-state index in [1.54, 1.807) is 0 Å². The summed E-state index contributed by atoms with van der Waals surface area (Å²) < 4.78 is 22.9. The van der Waals surface area contributed by atoms with Gasteiger partial charge in [-0.1, -0.05) is 6.92 Å². The number of sulfone groups is 1. The maximum Gasteiger partial charge on any atom is 0.153 e. The maximum absolute atomic E-state index is 11.4. The maximum atomic E-state index is 11.4. The van der Waals surface area contributed by atoms with E-state index in [0.717, 1.165) is 19.3 Å². The van der Waals surface area contributed by atoms with Crippen LogP contribution in [0.15, 0.2) is 0 Å². The second-order valence-electron chi connectivity index (χ2n) is 5.46. The standard InChI is InChI=1S/C11H20O4S/c1-7-2-3-10(12)8(4-7)9-5-16(14,15)6-11(9)13/h7-13H,2-6H2,1H3. The van der Waals surface area contributed by atoms with Crippen molar-refractivity contribution in [1.82, 2.24) is 0 Å². The Hall–Kier alpha value is -0.130. The van der Waals surface area contributed by atoms with Gasteiger partial charge in [0.25, 0.3) is 0 Å². The van der Waals surface area contributed by atoms with Crippen LogP contribution in [0.4, 0.5) is 0 Å². The van der Waals surface area contributed by atoms with Crippen LogP contribution in [0.3, 0.4) is 0 Å². The molecule has 94 valence electrons. The van der Waals surface area contributed by atoms with E-state index in [-0.39, 0.29) is 23.3 Å². The molecule has 1 aliphatic heterocycles. The molecule has 5 heteroatoms. The van der Waals surface area contributed by atoms with Gasteiger partial charge < -0.3 is 10.2 Å². The molecule has 0 spiro atoms. The van der Waals surface area contributed by atoms with Crippen molar-refractivity contribution < 1.29 is 18.6 Å². The minimum Gasteiger partial charge on any atom is -0.393 e. The zero-order valence-corrected chi connectivity index (χ0v) is 10.4. The summed E-state index contributed by atoms with van der Waals surface area (Å²) in [5.74, 6) is 0.125. The van der Waals surface area contributed by atoms with Crippen LogP contribution in [-0.4, -0.2) is 42.3 Å². The first-order valence-corrected chi connectivity index (χ1v) is 7.78. The lowest BCUT2D eigenvalue weighted by Gasteiger charge is -2.36. The monoisotopic (exact) mass is 248 g/mol. The Morgan fingerprint density at radius 1 is 1.00 bits per heavy atom. The molecule has 0 aromatic heterocycles. The SMILES string of the molecule is CC1CCC(O)C(C2CS(=O)(=O)CC2O)C1. The summed E-state index contributed by atoms with van der Waals surface area (Å²) in [6.45, 7) is 2.12. The Labute approximate surface area is 96.6 Å². The largest absolute Gasteiger partial charge is 0.393 e. The fourth-order valence-electron chi connectivity index (χ4n) is 3.13. The van der Waals surface area contributed by atoms with Crippen molar-refractivity contribution in [2.24, 2.45) is 17.8 Å². The minimum atomic E-state index is -3.10. The third kappa shape index (κ3) is 2.41. The van der Waals surface area contributed by atoms with Crippen LogP contribution in [-0.2, 0) is 9.84 Å². The van der Waals surface area contributed by atoms with E-state index in [4.69, 9.17) is 0 Å². The van der Waals surface area contributed by atoms with Crippen molar-refractivity contribution in [1.29, 1.82) is 0 Å². The van der Waals surface area contributed by atoms with Crippen molar-refractivity contribution >= 4 is 9.84 Å². The fraction of sp³-hybridized carbons (Fsp3) is 1.00. The highest BCUT2D eigenvalue weighted by atomic mass is 32.2. The number of aliphatic hydroxyl groups is 2. The fourth-order valence-corrected chi connectivity index (χ4v) is 5.09. The molecule has 1 saturated carbocycles. The van der Waals surface area contributed by atoms with Gasteiger partial charge in [0.05, 0.1) is 23.7 Å². The topological polar surface area (TPSA) is 74.6 Å². The Morgan fingerprint density at radius 3 is 2.25 bits per heavy atom. The third-order valence-electron chi connectivity index (χ3n) is 4.04. The van der Waals surface area contributed by atoms with Crippen LogP contribution >= 0.6 is 0 Å². The van der Waals surface area contributed by atoms with Gasteiger partial charge in [-0.2, -0.15) is 0 Å². The van der Waals surface area contributed by atoms with E-state index in [2.05, 4.69) is 6.92 Å². The molecule has 1 aliphatic carbocycles. The molecule has 1 heterocycles. The average molecular weight is 248 g/mol. The van der Waals surface area contributed by atoms with Gasteiger partial charge in [-0.15, -0.1) is 0 Å². The first kappa shape index (κ1) is 12.3. The normalized spacial score (nSPS) is 48.1. The highest BCUT2D eigenvalue weighted by molar-refractivity contribution is 7.91. The molecule has 0 aromatic carbocycles. The summed E-state index contributed by atoms with van der Waals surface area (Å²) >= 11 is 0. The second-order valence-corrected chi connectivity index (χ2v) is 7.61. The Kier molecular flexibility index (Phi) is 3.29. The second kappa shape index (κ2) is 4.27. The van der Waals surface area contributed by atoms with Crippen LogP contribution in [0.5, 0.6) is 0 Å². The van der Waals surface area contributed by atoms with Crippen LogP contribution < -0.4 is 0 Å². The number of aliphatic hydroxyl groups excluding tert-OH is 2. The molecule has 2 fully saturated rings. The van der Waals surface area contributed by atoms with Gasteiger partial charge in [0.1, 0.15) is 0 Å². The van der Waals surface area contributed by atoms with E-state index >= 15 is 0 Å². The lowest BCUT2D eigenvalue weighted by Crippen LogP contribution is -2.38. The first-order valence-electron chi connectivity index (χ1n) is 5.95. The van der Waals surface area contributed by atoms with Gasteiger partial charge in [-0.25, -0.2) is 8.42 Å². The summed E-state index contributed by atoms with van der Waals surface area (Å²) in [6.07, 6.45) is 1.33. The van der Waals surface area contributed by atoms with Crippen molar-refractivity contribution in [3.63, 3.8) is 0 Å². The van der Waals surface area contributed by atoms with E-state index in [1.165, 1.54) is 0 Å². The molecular weight excluding hydrogens is 228 g/mol. The molecule has 2 rings (SSSR count). The van der Waals surface area contributed by atoms with Gasteiger partial charge in [0.15, 0.2) is 9.84 Å². The van der Waals surface area contributed by atoms with Gasteiger partial charge in [-0.3, -0.25) is 0 Å². The van der Waals surface area contributed by atoms with Crippen LogP contribution in [0, 0.1) is 17.8 Å². The van der Waals surface area contributed by atoms with Gasteiger partial charge in [0.2, 0.25) is 0 Å². The third-order valence-corrected chi connectivity index (χ3v) is 5.78. The highest BCUT2D eigenvalue weighted by Gasteiger charge is 2.44. The molecule has 5 unspecified atom stereocenters. The van der Waals surface area contributed by atoms with Crippen molar-refractivity contribution in [3.8, 4) is 0 Å². The lowest BCUT2D eigenvalue weighted by molar-refractivity contribution is -0.00755. The smallest absolute Gasteiger partial charge is 0.153 e. The number of hydrogen-bond acceptors (Lipinski definition) is 4. The van der Waals surface area contributed by atoms with Gasteiger partial charge in [0, 0.05) is 5.92 Å². The summed E-state index contributed by atoms with van der Waals surface area (Å²) in [5, 5.41) is 19.7. The van der Waals surface area contributed by atoms with E-state index < -0.39 is 22.0 Å². The molecule has 0 radical (unpaired) electrons. The summed E-state index contributed by atoms with van der Waals surface area (Å²) in [4.78, 5) is 0. The number of hydrogen-bond donors (Lipinski definition) is 2. The van der Waals surface area contributed by atoms with Crippen molar-refractivity contribution in [3.05, 3.63) is 0 Å². The molecule has 2 N–H and O–H groups in total. The summed E-state index contributed by atoms with van der Waals surface area (Å²) in [6, 6.07) is 0. The molecule has 2 aliphatic rings. The zero-order valence-electron chi connectivity index (χ0n) is 9.54. The Morgan fingerprint density at radius 2 is 1.69 bits per heavy atom. The lowest BCUT2D eigenvalue weighted by atomic mass is 9.73. The predicted molar refractivity (Wildman–Crippen MR) is 60.7 cm³/mol. The van der Waals surface area contributed by atoms with Crippen LogP contribution in [0.25, 0.3) is 0 Å². The molecule has 5 atom stereocenters. The van der Waals surface area contributed by atoms with Crippen LogP contribution in [0.2, 0.25) is 0 Å². The Balaban J connectivity index is 2.12. The molecular formula is C11H20O4S. The van der Waals surface area contributed by atoms with Crippen LogP contribution in [0.1, 0.15) is 26.2 Å². The number of rotatable bonds is 1.